The minimum absolute atomic E-state index is 0.0874. The third-order valence-corrected chi connectivity index (χ3v) is 1.99. The van der Waals surface area contributed by atoms with Crippen LogP contribution in [0.5, 0.6) is 5.75 Å². The number of benzene rings is 1. The summed E-state index contributed by atoms with van der Waals surface area (Å²) in [5, 5.41) is 0. The number of methoxy groups -OCH3 is 1. The summed E-state index contributed by atoms with van der Waals surface area (Å²) in [5.74, 6) is 0.501. The Morgan fingerprint density at radius 1 is 1.40 bits per heavy atom. The molecule has 0 saturated carbocycles. The molecule has 0 unspecified atom stereocenters. The first-order valence-corrected chi connectivity index (χ1v) is 4.93. The number of esters is 1. The summed E-state index contributed by atoms with van der Waals surface area (Å²) in [5.41, 5.74) is 0.934. The van der Waals surface area contributed by atoms with Gasteiger partial charge in [0.1, 0.15) is 12.4 Å². The van der Waals surface area contributed by atoms with E-state index in [1.54, 1.807) is 7.11 Å². The quantitative estimate of drug-likeness (QED) is 0.713. The first-order valence-electron chi connectivity index (χ1n) is 4.93. The van der Waals surface area contributed by atoms with E-state index in [-0.39, 0.29) is 11.9 Å². The van der Waals surface area contributed by atoms with E-state index < -0.39 is 0 Å². The average Bonchev–Trinajstić information content (AvgIpc) is 2.26. The first-order chi connectivity index (χ1) is 7.13. The second-order valence-electron chi connectivity index (χ2n) is 3.61. The Kier molecular flexibility index (Phi) is 4.16. The fourth-order valence-corrected chi connectivity index (χ4v) is 1.08. The summed E-state index contributed by atoms with van der Waals surface area (Å²) in [7, 11) is 1.61. The standard InChI is InChI=1S/C12H16O3/c1-9(2)12(13)15-8-10-5-4-6-11(7-10)14-3/h4-7,9H,8H2,1-3H3. The van der Waals surface area contributed by atoms with Crippen LogP contribution < -0.4 is 4.74 Å². The summed E-state index contributed by atoms with van der Waals surface area (Å²) in [4.78, 5) is 11.2. The molecule has 82 valence electrons. The Hall–Kier alpha value is -1.51. The Morgan fingerprint density at radius 3 is 2.73 bits per heavy atom. The molecule has 1 rings (SSSR count). The van der Waals surface area contributed by atoms with E-state index in [9.17, 15) is 4.79 Å². The zero-order valence-electron chi connectivity index (χ0n) is 9.32. The normalized spacial score (nSPS) is 10.1. The molecule has 0 aliphatic carbocycles. The van der Waals surface area contributed by atoms with Crippen molar-refractivity contribution in [1.29, 1.82) is 0 Å². The molecule has 0 saturated heterocycles. The lowest BCUT2D eigenvalue weighted by Gasteiger charge is -2.07. The molecular formula is C12H16O3. The van der Waals surface area contributed by atoms with Crippen LogP contribution in [-0.2, 0) is 16.1 Å². The highest BCUT2D eigenvalue weighted by Crippen LogP contribution is 2.13. The molecule has 0 aromatic heterocycles. The van der Waals surface area contributed by atoms with Crippen LogP contribution in [0, 0.1) is 5.92 Å². The van der Waals surface area contributed by atoms with Gasteiger partial charge in [-0.05, 0) is 17.7 Å². The van der Waals surface area contributed by atoms with Gasteiger partial charge in [-0.15, -0.1) is 0 Å². The molecule has 0 N–H and O–H groups in total. The molecule has 1 aromatic rings. The number of hydrogen-bond donors (Lipinski definition) is 0. The van der Waals surface area contributed by atoms with Crippen molar-refractivity contribution in [3.05, 3.63) is 29.8 Å². The van der Waals surface area contributed by atoms with Gasteiger partial charge < -0.3 is 9.47 Å². The molecule has 0 fully saturated rings. The zero-order chi connectivity index (χ0) is 11.3. The molecule has 1 aromatic carbocycles. The number of carbonyl (C=O) groups excluding carboxylic acids is 1. The Bertz CT molecular complexity index is 331. The van der Waals surface area contributed by atoms with E-state index in [1.807, 2.05) is 38.1 Å². The van der Waals surface area contributed by atoms with Gasteiger partial charge in [-0.25, -0.2) is 0 Å². The molecule has 0 spiro atoms. The van der Waals surface area contributed by atoms with Crippen LogP contribution in [-0.4, -0.2) is 13.1 Å². The maximum atomic E-state index is 11.2. The van der Waals surface area contributed by atoms with E-state index in [2.05, 4.69) is 0 Å². The van der Waals surface area contributed by atoms with Crippen molar-refractivity contribution in [3.63, 3.8) is 0 Å². The lowest BCUT2D eigenvalue weighted by Crippen LogP contribution is -2.11. The Labute approximate surface area is 90.0 Å². The first kappa shape index (κ1) is 11.6. The van der Waals surface area contributed by atoms with E-state index in [0.29, 0.717) is 6.61 Å². The lowest BCUT2D eigenvalue weighted by molar-refractivity contribution is -0.148. The van der Waals surface area contributed by atoms with Gasteiger partial charge >= 0.3 is 5.97 Å². The summed E-state index contributed by atoms with van der Waals surface area (Å²) in [6.45, 7) is 3.93. The van der Waals surface area contributed by atoms with E-state index >= 15 is 0 Å². The molecule has 0 aliphatic rings. The molecule has 3 nitrogen and oxygen atoms in total. The fraction of sp³-hybridized carbons (Fsp3) is 0.417. The van der Waals surface area contributed by atoms with Crippen molar-refractivity contribution >= 4 is 5.97 Å². The summed E-state index contributed by atoms with van der Waals surface area (Å²) in [6, 6.07) is 7.48. The molecule has 3 heteroatoms. The van der Waals surface area contributed by atoms with Gasteiger partial charge in [-0.2, -0.15) is 0 Å². The van der Waals surface area contributed by atoms with Crippen molar-refractivity contribution < 1.29 is 14.3 Å². The molecule has 0 bridgehead atoms. The third-order valence-electron chi connectivity index (χ3n) is 1.99. The van der Waals surface area contributed by atoms with Crippen LogP contribution in [0.15, 0.2) is 24.3 Å². The van der Waals surface area contributed by atoms with Gasteiger partial charge in [0.05, 0.1) is 13.0 Å². The van der Waals surface area contributed by atoms with Crippen molar-refractivity contribution in [2.45, 2.75) is 20.5 Å². The van der Waals surface area contributed by atoms with E-state index in [1.165, 1.54) is 0 Å². The average molecular weight is 208 g/mol. The molecule has 15 heavy (non-hydrogen) atoms. The van der Waals surface area contributed by atoms with Crippen LogP contribution in [0.2, 0.25) is 0 Å². The minimum Gasteiger partial charge on any atom is -0.497 e. The number of hydrogen-bond acceptors (Lipinski definition) is 3. The highest BCUT2D eigenvalue weighted by molar-refractivity contribution is 5.71. The van der Waals surface area contributed by atoms with Crippen LogP contribution >= 0.6 is 0 Å². The number of ether oxygens (including phenoxy) is 2. The maximum absolute atomic E-state index is 11.2. The van der Waals surface area contributed by atoms with Gasteiger partial charge in [0.15, 0.2) is 0 Å². The number of rotatable bonds is 4. The predicted molar refractivity (Wildman–Crippen MR) is 57.6 cm³/mol. The van der Waals surface area contributed by atoms with Crippen LogP contribution in [0.1, 0.15) is 19.4 Å². The van der Waals surface area contributed by atoms with Crippen LogP contribution in [0.4, 0.5) is 0 Å². The molecular weight excluding hydrogens is 192 g/mol. The van der Waals surface area contributed by atoms with Crippen molar-refractivity contribution in [2.24, 2.45) is 5.92 Å². The fourth-order valence-electron chi connectivity index (χ4n) is 1.08. The Balaban J connectivity index is 2.54. The van der Waals surface area contributed by atoms with Crippen molar-refractivity contribution in [3.8, 4) is 5.75 Å². The molecule has 0 aliphatic heterocycles. The van der Waals surface area contributed by atoms with Gasteiger partial charge in [0.25, 0.3) is 0 Å². The molecule has 0 atom stereocenters. The summed E-state index contributed by atoms with van der Waals surface area (Å²) in [6.07, 6.45) is 0. The molecule has 0 radical (unpaired) electrons. The van der Waals surface area contributed by atoms with Crippen molar-refractivity contribution in [1.82, 2.24) is 0 Å². The summed E-state index contributed by atoms with van der Waals surface area (Å²) < 4.78 is 10.2. The number of carbonyl (C=O) groups is 1. The molecule has 0 heterocycles. The SMILES string of the molecule is COc1cccc(COC(=O)C(C)C)c1. The highest BCUT2D eigenvalue weighted by Gasteiger charge is 2.08. The maximum Gasteiger partial charge on any atom is 0.308 e. The van der Waals surface area contributed by atoms with E-state index in [4.69, 9.17) is 9.47 Å². The largest absolute Gasteiger partial charge is 0.497 e. The lowest BCUT2D eigenvalue weighted by atomic mass is 10.2. The smallest absolute Gasteiger partial charge is 0.308 e. The van der Waals surface area contributed by atoms with Gasteiger partial charge in [-0.1, -0.05) is 26.0 Å². The van der Waals surface area contributed by atoms with Crippen LogP contribution in [0.3, 0.4) is 0 Å². The molecule has 0 amide bonds. The monoisotopic (exact) mass is 208 g/mol. The second kappa shape index (κ2) is 5.39. The summed E-state index contributed by atoms with van der Waals surface area (Å²) >= 11 is 0. The topological polar surface area (TPSA) is 35.5 Å². The highest BCUT2D eigenvalue weighted by atomic mass is 16.5. The second-order valence-corrected chi connectivity index (χ2v) is 3.61. The van der Waals surface area contributed by atoms with Crippen molar-refractivity contribution in [2.75, 3.05) is 7.11 Å². The van der Waals surface area contributed by atoms with E-state index in [0.717, 1.165) is 11.3 Å². The minimum atomic E-state index is -0.183. The zero-order valence-corrected chi connectivity index (χ0v) is 9.32. The van der Waals surface area contributed by atoms with Gasteiger partial charge in [0.2, 0.25) is 0 Å². The van der Waals surface area contributed by atoms with Gasteiger partial charge in [0, 0.05) is 0 Å². The van der Waals surface area contributed by atoms with Gasteiger partial charge in [-0.3, -0.25) is 4.79 Å². The Morgan fingerprint density at radius 2 is 2.13 bits per heavy atom. The third kappa shape index (κ3) is 3.62. The predicted octanol–water partition coefficient (Wildman–Crippen LogP) is 2.39. The van der Waals surface area contributed by atoms with Crippen LogP contribution in [0.25, 0.3) is 0 Å².